The molecule has 2 heterocycles. The van der Waals surface area contributed by atoms with Gasteiger partial charge in [0.2, 0.25) is 0 Å². The van der Waals surface area contributed by atoms with E-state index in [4.69, 9.17) is 4.74 Å². The predicted molar refractivity (Wildman–Crippen MR) is 158 cm³/mol. The lowest BCUT2D eigenvalue weighted by Gasteiger charge is -2.38. The Labute approximate surface area is 238 Å². The average molecular weight is 559 g/mol. The normalized spacial score (nSPS) is 18.1. The molecule has 8 nitrogen and oxygen atoms in total. The molecule has 2 amide bonds. The summed E-state index contributed by atoms with van der Waals surface area (Å²) in [6, 6.07) is 22.6. The molecule has 3 atom stereocenters. The molecule has 1 aliphatic heterocycles. The second kappa shape index (κ2) is 12.2. The number of hydrogen-bond donors (Lipinski definition) is 2. The van der Waals surface area contributed by atoms with Gasteiger partial charge in [0.15, 0.2) is 10.8 Å². The van der Waals surface area contributed by atoms with Gasteiger partial charge in [0.25, 0.3) is 11.8 Å². The average Bonchev–Trinajstić information content (AvgIpc) is 3.40. The Bertz CT molecular complexity index is 1460. The van der Waals surface area contributed by atoms with E-state index in [2.05, 4.69) is 34.3 Å². The molecule has 0 saturated carbocycles. The van der Waals surface area contributed by atoms with Crippen molar-refractivity contribution in [2.45, 2.75) is 32.5 Å². The topological polar surface area (TPSA) is 95.0 Å². The number of fused-ring (bicyclic) bond motifs is 2. The van der Waals surface area contributed by atoms with Crippen LogP contribution in [0.25, 0.3) is 10.2 Å². The van der Waals surface area contributed by atoms with Crippen LogP contribution in [0.3, 0.4) is 0 Å². The Hall–Kier alpha value is -3.79. The van der Waals surface area contributed by atoms with E-state index >= 15 is 0 Å². The van der Waals surface area contributed by atoms with Crippen molar-refractivity contribution in [3.05, 3.63) is 88.9 Å². The summed E-state index contributed by atoms with van der Waals surface area (Å²) in [5, 5.41) is 13.2. The largest absolute Gasteiger partial charge is 0.486 e. The number of benzene rings is 3. The molecule has 0 unspecified atom stereocenters. The Kier molecular flexibility index (Phi) is 8.44. The van der Waals surface area contributed by atoms with Gasteiger partial charge in [-0.2, -0.15) is 0 Å². The van der Waals surface area contributed by atoms with Crippen molar-refractivity contribution >= 4 is 39.1 Å². The number of hydrogen-bond acceptors (Lipinski definition) is 7. The third-order valence-corrected chi connectivity index (χ3v) is 8.25. The Balaban J connectivity index is 1.47. The van der Waals surface area contributed by atoms with E-state index in [-0.39, 0.29) is 36.5 Å². The zero-order valence-electron chi connectivity index (χ0n) is 22.9. The summed E-state index contributed by atoms with van der Waals surface area (Å²) in [6.45, 7) is 5.52. The van der Waals surface area contributed by atoms with Gasteiger partial charge in [0.1, 0.15) is 6.10 Å². The lowest BCUT2D eigenvalue weighted by molar-refractivity contribution is 0.0343. The predicted octanol–water partition coefficient (Wildman–Crippen LogP) is 4.90. The summed E-state index contributed by atoms with van der Waals surface area (Å²) in [7, 11) is 2.04. The van der Waals surface area contributed by atoms with Crippen LogP contribution in [0.4, 0.5) is 5.69 Å². The molecular weight excluding hydrogens is 524 g/mol. The summed E-state index contributed by atoms with van der Waals surface area (Å²) in [5.74, 6) is -0.311. The fourth-order valence-corrected chi connectivity index (χ4v) is 5.83. The van der Waals surface area contributed by atoms with Gasteiger partial charge in [-0.05, 0) is 43.8 Å². The van der Waals surface area contributed by atoms with Crippen molar-refractivity contribution in [1.29, 1.82) is 0 Å². The number of nitrogens with one attached hydrogen (secondary N) is 1. The maximum Gasteiger partial charge on any atom is 0.284 e. The number of para-hydroxylation sites is 2. The van der Waals surface area contributed by atoms with Crippen molar-refractivity contribution in [1.82, 2.24) is 14.8 Å². The highest BCUT2D eigenvalue weighted by Gasteiger charge is 2.34. The molecule has 9 heteroatoms. The molecule has 0 saturated heterocycles. The van der Waals surface area contributed by atoms with Gasteiger partial charge in [0.05, 0.1) is 34.1 Å². The lowest BCUT2D eigenvalue weighted by Crippen LogP contribution is -2.49. The molecule has 0 fully saturated rings. The van der Waals surface area contributed by atoms with Crippen LogP contribution in [0.2, 0.25) is 0 Å². The van der Waals surface area contributed by atoms with Crippen molar-refractivity contribution in [3.8, 4) is 5.75 Å². The minimum atomic E-state index is -0.371. The fraction of sp³-hybridized carbons (Fsp3) is 0.323. The van der Waals surface area contributed by atoms with Crippen molar-refractivity contribution in [2.24, 2.45) is 5.92 Å². The number of anilines is 1. The molecule has 5 rings (SSSR count). The zero-order valence-corrected chi connectivity index (χ0v) is 23.7. The summed E-state index contributed by atoms with van der Waals surface area (Å²) in [6.07, 6.45) is -0.283. The van der Waals surface area contributed by atoms with Crippen LogP contribution in [0, 0.1) is 5.92 Å². The smallest absolute Gasteiger partial charge is 0.284 e. The number of amides is 2. The van der Waals surface area contributed by atoms with Crippen LogP contribution in [-0.2, 0) is 6.54 Å². The number of aliphatic hydroxyl groups is 1. The van der Waals surface area contributed by atoms with Crippen LogP contribution in [0.5, 0.6) is 5.75 Å². The third-order valence-electron chi connectivity index (χ3n) is 7.21. The number of carbonyl (C=O) groups excluding carboxylic acids is 2. The number of likely N-dealkylation sites (N-methyl/N-ethyl adjacent to an activating group) is 1. The summed E-state index contributed by atoms with van der Waals surface area (Å²) in [4.78, 5) is 35.4. The maximum absolute atomic E-state index is 13.7. The number of aromatic nitrogens is 1. The minimum absolute atomic E-state index is 0.0441. The van der Waals surface area contributed by atoms with Crippen molar-refractivity contribution in [3.63, 3.8) is 0 Å². The van der Waals surface area contributed by atoms with Gasteiger partial charge in [-0.1, -0.05) is 55.5 Å². The molecule has 40 heavy (non-hydrogen) atoms. The van der Waals surface area contributed by atoms with E-state index in [1.54, 1.807) is 23.1 Å². The summed E-state index contributed by atoms with van der Waals surface area (Å²) in [5.41, 5.74) is 2.72. The van der Waals surface area contributed by atoms with Gasteiger partial charge in [-0.15, -0.1) is 11.3 Å². The zero-order chi connectivity index (χ0) is 28.2. The highest BCUT2D eigenvalue weighted by Crippen LogP contribution is 2.35. The first kappa shape index (κ1) is 27.8. The SMILES string of the molecule is C[C@@H]1CN([C@H](C)CO)C(=O)c2cccc(NC(=O)c3nc4ccccc4s3)c2O[C@H]1CN(C)Cc1ccccc1. The number of ether oxygens (including phenoxy) is 1. The molecule has 4 aromatic rings. The van der Waals surface area contributed by atoms with Crippen molar-refractivity contribution in [2.75, 3.05) is 32.1 Å². The van der Waals surface area contributed by atoms with E-state index in [1.807, 2.05) is 56.4 Å². The first-order valence-corrected chi connectivity index (χ1v) is 14.3. The van der Waals surface area contributed by atoms with Crippen LogP contribution >= 0.6 is 11.3 Å². The lowest BCUT2D eigenvalue weighted by atomic mass is 9.98. The van der Waals surface area contributed by atoms with Gasteiger partial charge in [0, 0.05) is 25.6 Å². The van der Waals surface area contributed by atoms with Gasteiger partial charge in [-0.25, -0.2) is 4.98 Å². The second-order valence-electron chi connectivity index (χ2n) is 10.4. The molecule has 208 valence electrons. The van der Waals surface area contributed by atoms with Crippen LogP contribution in [0.1, 0.15) is 39.6 Å². The molecule has 3 aromatic carbocycles. The van der Waals surface area contributed by atoms with E-state index in [1.165, 1.54) is 16.9 Å². The number of rotatable bonds is 8. The second-order valence-corrected chi connectivity index (χ2v) is 11.5. The highest BCUT2D eigenvalue weighted by atomic mass is 32.1. The molecule has 2 N–H and O–H groups in total. The first-order valence-electron chi connectivity index (χ1n) is 13.4. The highest BCUT2D eigenvalue weighted by molar-refractivity contribution is 7.20. The van der Waals surface area contributed by atoms with Gasteiger partial charge in [-0.3, -0.25) is 14.5 Å². The molecule has 0 aliphatic carbocycles. The monoisotopic (exact) mass is 558 g/mol. The van der Waals surface area contributed by atoms with Crippen LogP contribution < -0.4 is 10.1 Å². The molecular formula is C31H34N4O4S. The Morgan fingerprint density at radius 3 is 2.65 bits per heavy atom. The number of carbonyl (C=O) groups is 2. The number of thiazole rings is 1. The van der Waals surface area contributed by atoms with E-state index in [0.29, 0.717) is 35.1 Å². The summed E-state index contributed by atoms with van der Waals surface area (Å²) < 4.78 is 7.56. The molecule has 1 aromatic heterocycles. The minimum Gasteiger partial charge on any atom is -0.486 e. The molecule has 0 bridgehead atoms. The van der Waals surface area contributed by atoms with E-state index in [9.17, 15) is 14.7 Å². The van der Waals surface area contributed by atoms with Gasteiger partial charge < -0.3 is 20.1 Å². The first-order chi connectivity index (χ1) is 19.3. The quantitative estimate of drug-likeness (QED) is 0.320. The molecule has 1 aliphatic rings. The summed E-state index contributed by atoms with van der Waals surface area (Å²) >= 11 is 1.31. The molecule has 0 radical (unpaired) electrons. The Morgan fingerprint density at radius 1 is 1.15 bits per heavy atom. The molecule has 0 spiro atoms. The maximum atomic E-state index is 13.7. The fourth-order valence-electron chi connectivity index (χ4n) is 4.97. The Morgan fingerprint density at radius 2 is 1.90 bits per heavy atom. The van der Waals surface area contributed by atoms with Crippen LogP contribution in [0.15, 0.2) is 72.8 Å². The van der Waals surface area contributed by atoms with Crippen LogP contribution in [-0.4, -0.2) is 70.6 Å². The standard InChI is InChI=1S/C31H34N4O4S/c1-20-16-35(21(2)19-36)31(38)23-12-9-14-25(32-29(37)30-33-24-13-7-8-15-27(24)40-30)28(23)39-26(20)18-34(3)17-22-10-5-4-6-11-22/h4-15,20-21,26,36H,16-19H2,1-3H3,(H,32,37)/t20-,21-,26+/m1/s1. The number of nitrogens with zero attached hydrogens (tertiary/aromatic N) is 3. The third kappa shape index (κ3) is 6.01. The van der Waals surface area contributed by atoms with E-state index < -0.39 is 0 Å². The number of aliphatic hydroxyl groups excluding tert-OH is 1. The van der Waals surface area contributed by atoms with Crippen molar-refractivity contribution < 1.29 is 19.4 Å². The van der Waals surface area contributed by atoms with E-state index in [0.717, 1.165) is 16.8 Å². The van der Waals surface area contributed by atoms with Gasteiger partial charge >= 0.3 is 0 Å².